The highest BCUT2D eigenvalue weighted by atomic mass is 35.5. The Morgan fingerprint density at radius 2 is 1.93 bits per heavy atom. The van der Waals surface area contributed by atoms with Crippen LogP contribution in [0.2, 0.25) is 5.02 Å². The predicted molar refractivity (Wildman–Crippen MR) is 169 cm³/mol. The number of piperidine rings is 1. The van der Waals surface area contributed by atoms with E-state index in [0.29, 0.717) is 16.3 Å². The lowest BCUT2D eigenvalue weighted by Gasteiger charge is -2.58. The Labute approximate surface area is 254 Å². The molecule has 1 aliphatic carbocycles. The smallest absolute Gasteiger partial charge is 0.245 e. The van der Waals surface area contributed by atoms with Gasteiger partial charge in [-0.15, -0.1) is 0 Å². The van der Waals surface area contributed by atoms with E-state index in [4.69, 9.17) is 32.6 Å². The maximum absolute atomic E-state index is 12.1. The molecule has 1 aromatic heterocycles. The largest absolute Gasteiger partial charge is 0.398 e. The zero-order valence-electron chi connectivity index (χ0n) is 25.6. The molecule has 4 heterocycles. The van der Waals surface area contributed by atoms with Gasteiger partial charge in [-0.1, -0.05) is 18.2 Å². The average molecular weight is 594 g/mol. The highest BCUT2D eigenvalue weighted by Crippen LogP contribution is 2.56. The van der Waals surface area contributed by atoms with E-state index in [9.17, 15) is 4.79 Å². The lowest BCUT2D eigenvalue weighted by molar-refractivity contribution is -0.149. The molecule has 1 atom stereocenters. The van der Waals surface area contributed by atoms with Crippen molar-refractivity contribution in [1.29, 1.82) is 5.41 Å². The van der Waals surface area contributed by atoms with Gasteiger partial charge in [-0.05, 0) is 71.7 Å². The zero-order valence-corrected chi connectivity index (χ0v) is 26.4. The number of ether oxygens (including phenoxy) is 1. The molecule has 1 amide bonds. The first kappa shape index (κ1) is 29.2. The van der Waals surface area contributed by atoms with Crippen LogP contribution >= 0.6 is 11.6 Å². The highest BCUT2D eigenvalue weighted by molar-refractivity contribution is 6.35. The van der Waals surface area contributed by atoms with Crippen LogP contribution in [-0.4, -0.2) is 89.2 Å². The number of halogens is 1. The van der Waals surface area contributed by atoms with Gasteiger partial charge in [0.15, 0.2) is 5.82 Å². The summed E-state index contributed by atoms with van der Waals surface area (Å²) in [4.78, 5) is 18.8. The van der Waals surface area contributed by atoms with Crippen molar-refractivity contribution >= 4 is 35.2 Å². The maximum atomic E-state index is 12.1. The molecule has 4 fully saturated rings. The molecule has 3 aliphatic heterocycles. The van der Waals surface area contributed by atoms with Crippen LogP contribution in [0.4, 0.5) is 11.5 Å². The number of amides is 1. The maximum Gasteiger partial charge on any atom is 0.245 e. The molecule has 9 nitrogen and oxygen atoms in total. The van der Waals surface area contributed by atoms with Gasteiger partial charge >= 0.3 is 0 Å². The SMILES string of the molecule is C=CC(=O)N1CC2(CC(n3nc(N4CCC5(CN(C)CCO5)CC4(C)C)c(-c4c(Cl)c(C)cc(N)c4C=N)c3C)C2)C1. The molecule has 0 radical (unpaired) electrons. The van der Waals surface area contributed by atoms with Crippen molar-refractivity contribution in [1.82, 2.24) is 19.6 Å². The fourth-order valence-corrected chi connectivity index (χ4v) is 8.52. The summed E-state index contributed by atoms with van der Waals surface area (Å²) in [6.45, 7) is 17.3. The number of rotatable bonds is 5. The Bertz CT molecular complexity index is 1450. The van der Waals surface area contributed by atoms with Crippen molar-refractivity contribution in [2.24, 2.45) is 5.41 Å². The minimum absolute atomic E-state index is 0.00742. The van der Waals surface area contributed by atoms with E-state index < -0.39 is 0 Å². The van der Waals surface area contributed by atoms with Crippen molar-refractivity contribution in [3.63, 3.8) is 0 Å². The molecule has 2 spiro atoms. The van der Waals surface area contributed by atoms with Crippen LogP contribution in [0, 0.1) is 24.7 Å². The molecule has 1 saturated carbocycles. The number of carbonyl (C=O) groups excluding carboxylic acids is 1. The lowest BCUT2D eigenvalue weighted by Crippen LogP contribution is -2.63. The number of hydrogen-bond acceptors (Lipinski definition) is 7. The van der Waals surface area contributed by atoms with Gasteiger partial charge in [-0.3, -0.25) is 9.48 Å². The van der Waals surface area contributed by atoms with Crippen LogP contribution in [0.5, 0.6) is 0 Å². The molecular weight excluding hydrogens is 550 g/mol. The highest BCUT2D eigenvalue weighted by Gasteiger charge is 2.55. The third-order valence-electron chi connectivity index (χ3n) is 10.2. The second kappa shape index (κ2) is 10.1. The van der Waals surface area contributed by atoms with Crippen LogP contribution in [0.3, 0.4) is 0 Å². The first-order valence-electron chi connectivity index (χ1n) is 15.0. The van der Waals surface area contributed by atoms with Crippen molar-refractivity contribution < 1.29 is 9.53 Å². The summed E-state index contributed by atoms with van der Waals surface area (Å²) in [5.74, 6) is 0.901. The summed E-state index contributed by atoms with van der Waals surface area (Å²) in [6, 6.07) is 2.08. The number of nitrogens with one attached hydrogen (secondary N) is 1. The molecule has 4 aliphatic rings. The summed E-state index contributed by atoms with van der Waals surface area (Å²) in [5, 5.41) is 14.3. The van der Waals surface area contributed by atoms with Crippen LogP contribution < -0.4 is 10.6 Å². The molecule has 226 valence electrons. The van der Waals surface area contributed by atoms with Crippen LogP contribution in [0.1, 0.15) is 62.4 Å². The van der Waals surface area contributed by atoms with E-state index in [0.717, 1.165) is 93.2 Å². The molecule has 1 aromatic carbocycles. The van der Waals surface area contributed by atoms with E-state index in [1.54, 1.807) is 0 Å². The predicted octanol–water partition coefficient (Wildman–Crippen LogP) is 4.83. The quantitative estimate of drug-likeness (QED) is 0.292. The van der Waals surface area contributed by atoms with E-state index in [-0.39, 0.29) is 28.5 Å². The van der Waals surface area contributed by atoms with Gasteiger partial charge in [0.2, 0.25) is 5.91 Å². The molecule has 0 bridgehead atoms. The average Bonchev–Trinajstić information content (AvgIpc) is 3.19. The Hall–Kier alpha value is -2.88. The topological polar surface area (TPSA) is 104 Å². The molecule has 42 heavy (non-hydrogen) atoms. The van der Waals surface area contributed by atoms with E-state index in [1.165, 1.54) is 12.3 Å². The number of benzene rings is 1. The number of nitrogen functional groups attached to an aromatic ring is 1. The van der Waals surface area contributed by atoms with Gasteiger partial charge in [0.25, 0.3) is 0 Å². The number of likely N-dealkylation sites (tertiary alicyclic amines) is 1. The van der Waals surface area contributed by atoms with Gasteiger partial charge < -0.3 is 30.6 Å². The standard InChI is InChI=1S/C32H44ClN7O2/c1-7-25(41)38-17-31(18-38)13-22(14-31)40-21(3)26(27-23(15-34)24(35)12-20(2)28(27)33)29(36-40)39-9-8-32(16-30(39,4)5)19-37(6)10-11-42-32/h7,12,15,22,34H,1,8-11,13-14,16-19,35H2,2-6H3. The number of hydrogen-bond donors (Lipinski definition) is 2. The number of nitrogens with zero attached hydrogens (tertiary/aromatic N) is 5. The van der Waals surface area contributed by atoms with Gasteiger partial charge in [-0.2, -0.15) is 5.10 Å². The van der Waals surface area contributed by atoms with Crippen LogP contribution in [0.15, 0.2) is 18.7 Å². The minimum Gasteiger partial charge on any atom is -0.398 e. The molecule has 6 rings (SSSR count). The zero-order chi connectivity index (χ0) is 30.2. The number of aromatic nitrogens is 2. The van der Waals surface area contributed by atoms with Crippen molar-refractivity contribution in [2.75, 3.05) is 57.0 Å². The summed E-state index contributed by atoms with van der Waals surface area (Å²) in [7, 11) is 2.18. The number of likely N-dealkylation sites (N-methyl/N-ethyl adjacent to an activating group) is 1. The third-order valence-corrected chi connectivity index (χ3v) is 10.7. The van der Waals surface area contributed by atoms with Gasteiger partial charge in [-0.25, -0.2) is 0 Å². The Kier molecular flexibility index (Phi) is 7.02. The van der Waals surface area contributed by atoms with Crippen LogP contribution in [-0.2, 0) is 9.53 Å². The van der Waals surface area contributed by atoms with Gasteiger partial charge in [0.05, 0.1) is 23.3 Å². The van der Waals surface area contributed by atoms with E-state index in [2.05, 4.69) is 48.9 Å². The minimum atomic E-state index is -0.232. The molecule has 3 N–H and O–H groups in total. The fourth-order valence-electron chi connectivity index (χ4n) is 8.27. The van der Waals surface area contributed by atoms with Crippen molar-refractivity contribution in [3.05, 3.63) is 40.6 Å². The normalized spacial score (nSPS) is 25.4. The summed E-state index contributed by atoms with van der Waals surface area (Å²) in [6.07, 6.45) is 6.46. The number of anilines is 2. The first-order valence-corrected chi connectivity index (χ1v) is 15.4. The number of morpholine rings is 1. The summed E-state index contributed by atoms with van der Waals surface area (Å²) < 4.78 is 8.65. The number of nitrogens with two attached hydrogens (primary N) is 1. The van der Waals surface area contributed by atoms with Gasteiger partial charge in [0, 0.05) is 84.4 Å². The molecule has 3 saturated heterocycles. The van der Waals surface area contributed by atoms with E-state index in [1.807, 2.05) is 17.9 Å². The monoisotopic (exact) mass is 593 g/mol. The molecule has 1 unspecified atom stereocenters. The second-order valence-electron chi connectivity index (χ2n) is 13.9. The van der Waals surface area contributed by atoms with Crippen molar-refractivity contribution in [3.8, 4) is 11.1 Å². The number of carbonyl (C=O) groups is 1. The van der Waals surface area contributed by atoms with Crippen LogP contribution in [0.25, 0.3) is 11.1 Å². The first-order chi connectivity index (χ1) is 19.8. The Balaban J connectivity index is 1.41. The molecular formula is C32H44ClN7O2. The Morgan fingerprint density at radius 3 is 2.55 bits per heavy atom. The summed E-state index contributed by atoms with van der Waals surface area (Å²) >= 11 is 7.06. The summed E-state index contributed by atoms with van der Waals surface area (Å²) in [5.41, 5.74) is 11.1. The van der Waals surface area contributed by atoms with Crippen molar-refractivity contribution in [2.45, 2.75) is 70.6 Å². The fraction of sp³-hybridized carbons (Fsp3) is 0.594. The Morgan fingerprint density at radius 1 is 1.21 bits per heavy atom. The molecule has 2 aromatic rings. The third kappa shape index (κ3) is 4.55. The second-order valence-corrected chi connectivity index (χ2v) is 14.3. The molecule has 10 heteroatoms. The number of aryl methyl sites for hydroxylation is 1. The van der Waals surface area contributed by atoms with Gasteiger partial charge in [0.1, 0.15) is 0 Å². The van der Waals surface area contributed by atoms with E-state index >= 15 is 0 Å². The lowest BCUT2D eigenvalue weighted by atomic mass is 9.60.